The lowest BCUT2D eigenvalue weighted by molar-refractivity contribution is -0.150. The standard InChI is InChI=1S/C12H14BrNO3S/c1-12(11(16)17)2-4-14(5-3-12)10(15)8-6-9(13)18-7-8/h6-7H,2-5H2,1H3,(H,16,17). The summed E-state index contributed by atoms with van der Waals surface area (Å²) in [4.78, 5) is 25.0. The van der Waals surface area contributed by atoms with Gasteiger partial charge in [0.05, 0.1) is 14.8 Å². The Morgan fingerprint density at radius 1 is 1.44 bits per heavy atom. The summed E-state index contributed by atoms with van der Waals surface area (Å²) in [6, 6.07) is 1.80. The quantitative estimate of drug-likeness (QED) is 0.906. The summed E-state index contributed by atoms with van der Waals surface area (Å²) < 4.78 is 0.929. The molecule has 0 atom stereocenters. The van der Waals surface area contributed by atoms with E-state index >= 15 is 0 Å². The van der Waals surface area contributed by atoms with Crippen LogP contribution in [0.4, 0.5) is 0 Å². The van der Waals surface area contributed by atoms with Crippen LogP contribution >= 0.6 is 27.3 Å². The zero-order chi connectivity index (χ0) is 13.3. The number of thiophene rings is 1. The van der Waals surface area contributed by atoms with Crippen LogP contribution in [0, 0.1) is 5.41 Å². The largest absolute Gasteiger partial charge is 0.481 e. The number of hydrogen-bond donors (Lipinski definition) is 1. The second kappa shape index (κ2) is 5.01. The van der Waals surface area contributed by atoms with Crippen LogP contribution in [0.2, 0.25) is 0 Å². The Balaban J connectivity index is 2.02. The monoisotopic (exact) mass is 331 g/mol. The third-order valence-corrected chi connectivity index (χ3v) is 4.99. The molecule has 2 rings (SSSR count). The molecule has 0 spiro atoms. The lowest BCUT2D eigenvalue weighted by Gasteiger charge is -2.36. The van der Waals surface area contributed by atoms with Gasteiger partial charge in [-0.15, -0.1) is 11.3 Å². The topological polar surface area (TPSA) is 57.6 Å². The van der Waals surface area contributed by atoms with Crippen molar-refractivity contribution < 1.29 is 14.7 Å². The molecular formula is C12H14BrNO3S. The van der Waals surface area contributed by atoms with E-state index in [2.05, 4.69) is 15.9 Å². The number of piperidine rings is 1. The molecule has 4 nitrogen and oxygen atoms in total. The first kappa shape index (κ1) is 13.5. The Bertz CT molecular complexity index is 477. The number of carbonyl (C=O) groups is 2. The van der Waals surface area contributed by atoms with Crippen LogP contribution in [-0.2, 0) is 4.79 Å². The fourth-order valence-electron chi connectivity index (χ4n) is 2.02. The molecule has 1 saturated heterocycles. The predicted molar refractivity (Wildman–Crippen MR) is 72.9 cm³/mol. The van der Waals surface area contributed by atoms with Gasteiger partial charge in [-0.05, 0) is 41.8 Å². The first-order chi connectivity index (χ1) is 8.42. The summed E-state index contributed by atoms with van der Waals surface area (Å²) in [6.07, 6.45) is 1.03. The van der Waals surface area contributed by atoms with E-state index in [-0.39, 0.29) is 5.91 Å². The number of nitrogens with zero attached hydrogens (tertiary/aromatic N) is 1. The van der Waals surface area contributed by atoms with E-state index in [1.807, 2.05) is 5.38 Å². The first-order valence-corrected chi connectivity index (χ1v) is 7.36. The molecule has 1 aromatic heterocycles. The number of hydrogen-bond acceptors (Lipinski definition) is 3. The summed E-state index contributed by atoms with van der Waals surface area (Å²) >= 11 is 4.81. The number of rotatable bonds is 2. The third kappa shape index (κ3) is 2.59. The van der Waals surface area contributed by atoms with Crippen molar-refractivity contribution in [3.63, 3.8) is 0 Å². The molecule has 1 amide bonds. The van der Waals surface area contributed by atoms with Gasteiger partial charge in [0.25, 0.3) is 5.91 Å². The van der Waals surface area contributed by atoms with Gasteiger partial charge in [0, 0.05) is 18.5 Å². The Hall–Kier alpha value is -0.880. The van der Waals surface area contributed by atoms with Crippen molar-refractivity contribution in [2.75, 3.05) is 13.1 Å². The fourth-order valence-corrected chi connectivity index (χ4v) is 3.15. The Morgan fingerprint density at radius 3 is 2.50 bits per heavy atom. The maximum atomic E-state index is 12.2. The molecular weight excluding hydrogens is 318 g/mol. The van der Waals surface area contributed by atoms with Crippen LogP contribution in [0.15, 0.2) is 15.2 Å². The third-order valence-electron chi connectivity index (χ3n) is 3.48. The van der Waals surface area contributed by atoms with E-state index in [0.717, 1.165) is 3.79 Å². The normalized spacial score (nSPS) is 18.7. The van der Waals surface area contributed by atoms with Gasteiger partial charge in [0.15, 0.2) is 0 Å². The van der Waals surface area contributed by atoms with Gasteiger partial charge < -0.3 is 10.0 Å². The maximum Gasteiger partial charge on any atom is 0.309 e. The average molecular weight is 332 g/mol. The average Bonchev–Trinajstić information content (AvgIpc) is 2.76. The zero-order valence-corrected chi connectivity index (χ0v) is 12.4. The Morgan fingerprint density at radius 2 is 2.06 bits per heavy atom. The van der Waals surface area contributed by atoms with Gasteiger partial charge in [-0.3, -0.25) is 9.59 Å². The van der Waals surface area contributed by atoms with Crippen molar-refractivity contribution in [2.45, 2.75) is 19.8 Å². The lowest BCUT2D eigenvalue weighted by Crippen LogP contribution is -2.45. The molecule has 0 bridgehead atoms. The molecule has 18 heavy (non-hydrogen) atoms. The van der Waals surface area contributed by atoms with Crippen LogP contribution in [0.5, 0.6) is 0 Å². The minimum Gasteiger partial charge on any atom is -0.481 e. The number of likely N-dealkylation sites (tertiary alicyclic amines) is 1. The number of amides is 1. The maximum absolute atomic E-state index is 12.2. The number of aliphatic carboxylic acids is 1. The summed E-state index contributed by atoms with van der Waals surface area (Å²) in [6.45, 7) is 2.77. The van der Waals surface area contributed by atoms with Crippen LogP contribution in [-0.4, -0.2) is 35.0 Å². The molecule has 2 heterocycles. The summed E-state index contributed by atoms with van der Waals surface area (Å²) in [7, 11) is 0. The molecule has 0 unspecified atom stereocenters. The Labute approximate surface area is 118 Å². The molecule has 1 fully saturated rings. The first-order valence-electron chi connectivity index (χ1n) is 5.69. The molecule has 1 aliphatic rings. The number of carbonyl (C=O) groups excluding carboxylic acids is 1. The molecule has 98 valence electrons. The van der Waals surface area contributed by atoms with Crippen LogP contribution in [0.1, 0.15) is 30.1 Å². The molecule has 0 aromatic carbocycles. The highest BCUT2D eigenvalue weighted by molar-refractivity contribution is 9.11. The van der Waals surface area contributed by atoms with Gasteiger partial charge in [-0.1, -0.05) is 0 Å². The fraction of sp³-hybridized carbons (Fsp3) is 0.500. The molecule has 1 aliphatic heterocycles. The Kier molecular flexibility index (Phi) is 3.77. The minimum absolute atomic E-state index is 0.00983. The van der Waals surface area contributed by atoms with Crippen LogP contribution < -0.4 is 0 Å². The van der Waals surface area contributed by atoms with Crippen molar-refractivity contribution in [3.05, 3.63) is 20.8 Å². The van der Waals surface area contributed by atoms with E-state index in [1.54, 1.807) is 17.9 Å². The highest BCUT2D eigenvalue weighted by Gasteiger charge is 2.38. The highest BCUT2D eigenvalue weighted by Crippen LogP contribution is 2.32. The smallest absolute Gasteiger partial charge is 0.309 e. The molecule has 1 N–H and O–H groups in total. The van der Waals surface area contributed by atoms with Gasteiger partial charge in [-0.2, -0.15) is 0 Å². The van der Waals surface area contributed by atoms with Crippen LogP contribution in [0.25, 0.3) is 0 Å². The molecule has 6 heteroatoms. The van der Waals surface area contributed by atoms with Crippen molar-refractivity contribution >= 4 is 39.1 Å². The number of carboxylic acids is 1. The highest BCUT2D eigenvalue weighted by atomic mass is 79.9. The van der Waals surface area contributed by atoms with E-state index in [9.17, 15) is 9.59 Å². The predicted octanol–water partition coefficient (Wildman–Crippen LogP) is 2.84. The zero-order valence-electron chi connectivity index (χ0n) is 9.98. The van der Waals surface area contributed by atoms with Crippen molar-refractivity contribution in [1.82, 2.24) is 4.90 Å². The SMILES string of the molecule is CC1(C(=O)O)CCN(C(=O)c2csc(Br)c2)CC1. The van der Waals surface area contributed by atoms with Crippen molar-refractivity contribution in [2.24, 2.45) is 5.41 Å². The van der Waals surface area contributed by atoms with E-state index < -0.39 is 11.4 Å². The van der Waals surface area contributed by atoms with Gasteiger partial charge in [0.1, 0.15) is 0 Å². The lowest BCUT2D eigenvalue weighted by atomic mass is 9.80. The van der Waals surface area contributed by atoms with Crippen LogP contribution in [0.3, 0.4) is 0 Å². The summed E-state index contributed by atoms with van der Waals surface area (Å²) in [5.74, 6) is -0.780. The van der Waals surface area contributed by atoms with Gasteiger partial charge in [0.2, 0.25) is 0 Å². The molecule has 0 aliphatic carbocycles. The van der Waals surface area contributed by atoms with Gasteiger partial charge in [-0.25, -0.2) is 0 Å². The molecule has 0 radical (unpaired) electrons. The van der Waals surface area contributed by atoms with E-state index in [0.29, 0.717) is 31.5 Å². The van der Waals surface area contributed by atoms with E-state index in [1.165, 1.54) is 11.3 Å². The number of halogens is 1. The van der Waals surface area contributed by atoms with Crippen molar-refractivity contribution in [3.8, 4) is 0 Å². The summed E-state index contributed by atoms with van der Waals surface area (Å²) in [5, 5.41) is 11.0. The summed E-state index contributed by atoms with van der Waals surface area (Å²) in [5.41, 5.74) is -0.0164. The van der Waals surface area contributed by atoms with Crippen molar-refractivity contribution in [1.29, 1.82) is 0 Å². The minimum atomic E-state index is -0.770. The second-order valence-corrected chi connectivity index (χ2v) is 7.09. The van der Waals surface area contributed by atoms with Gasteiger partial charge >= 0.3 is 5.97 Å². The molecule has 0 saturated carbocycles. The number of carboxylic acid groups (broad SMARTS) is 1. The second-order valence-electron chi connectivity index (χ2n) is 4.80. The molecule has 1 aromatic rings. The van der Waals surface area contributed by atoms with E-state index in [4.69, 9.17) is 5.11 Å².